The van der Waals surface area contributed by atoms with E-state index in [4.69, 9.17) is 5.26 Å². The molecule has 116 valence electrons. The number of anilines is 1. The van der Waals surface area contributed by atoms with E-state index in [0.29, 0.717) is 11.3 Å². The Morgan fingerprint density at radius 3 is 2.70 bits per heavy atom. The average Bonchev–Trinajstić information content (AvgIpc) is 3.10. The quantitative estimate of drug-likeness (QED) is 0.729. The van der Waals surface area contributed by atoms with Crippen LogP contribution in [0.3, 0.4) is 0 Å². The molecular weight excluding hydrogens is 290 g/mol. The van der Waals surface area contributed by atoms with Crippen LogP contribution in [0.1, 0.15) is 29.9 Å². The minimum atomic E-state index is -0.233. The van der Waals surface area contributed by atoms with Crippen molar-refractivity contribution in [3.63, 3.8) is 0 Å². The summed E-state index contributed by atoms with van der Waals surface area (Å²) in [6, 6.07) is 10.6. The molecule has 0 bridgehead atoms. The molecule has 0 spiro atoms. The minimum absolute atomic E-state index is 0.233. The van der Waals surface area contributed by atoms with E-state index in [2.05, 4.69) is 10.1 Å². The molecule has 0 unspecified atom stereocenters. The molecule has 0 N–H and O–H groups in total. The lowest BCUT2D eigenvalue weighted by atomic mass is 10.2. The molecule has 0 fully saturated rings. The maximum Gasteiger partial charge on any atom is 0.276 e. The van der Waals surface area contributed by atoms with Gasteiger partial charge in [0, 0.05) is 31.3 Å². The fraction of sp³-hybridized carbons (Fsp3) is 0.176. The molecule has 6 nitrogen and oxygen atoms in total. The van der Waals surface area contributed by atoms with E-state index in [1.807, 2.05) is 38.1 Å². The van der Waals surface area contributed by atoms with E-state index in [1.165, 1.54) is 11.1 Å². The monoisotopic (exact) mass is 307 g/mol. The van der Waals surface area contributed by atoms with E-state index in [-0.39, 0.29) is 5.91 Å². The molecule has 3 aromatic heterocycles. The van der Waals surface area contributed by atoms with Gasteiger partial charge in [0.05, 0.1) is 11.1 Å². The summed E-state index contributed by atoms with van der Waals surface area (Å²) in [7, 11) is 1.68. The normalized spacial score (nSPS) is 9.65. The van der Waals surface area contributed by atoms with Crippen molar-refractivity contribution >= 4 is 17.1 Å². The highest BCUT2D eigenvalue weighted by Crippen LogP contribution is 2.17. The highest BCUT2D eigenvalue weighted by atomic mass is 16.2. The van der Waals surface area contributed by atoms with Crippen LogP contribution in [0.4, 0.5) is 5.69 Å². The zero-order chi connectivity index (χ0) is 16.8. The van der Waals surface area contributed by atoms with Crippen molar-refractivity contribution in [2.75, 3.05) is 11.9 Å². The molecule has 3 heterocycles. The molecule has 3 aromatic rings. The van der Waals surface area contributed by atoms with Crippen molar-refractivity contribution in [3.05, 3.63) is 60.2 Å². The standard InChI is InChI=1S/C15H11N5O.C2H6/c1-19(12-5-7-20-13(8-12)4-6-18-20)15(21)14-3-2-11(9-16)10-17-14;1-2/h2-8,10H,1H3;1-2H3. The number of pyridine rings is 2. The second kappa shape index (κ2) is 7.18. The third-order valence-electron chi connectivity index (χ3n) is 3.19. The Morgan fingerprint density at radius 2 is 2.04 bits per heavy atom. The van der Waals surface area contributed by atoms with Gasteiger partial charge in [-0.3, -0.25) is 4.79 Å². The third kappa shape index (κ3) is 3.35. The van der Waals surface area contributed by atoms with Crippen LogP contribution in [0.5, 0.6) is 0 Å². The Hall–Kier alpha value is -3.20. The lowest BCUT2D eigenvalue weighted by Crippen LogP contribution is -2.27. The molecular formula is C17H17N5O. The van der Waals surface area contributed by atoms with Crippen molar-refractivity contribution in [2.45, 2.75) is 13.8 Å². The predicted octanol–water partition coefficient (Wildman–Crippen LogP) is 2.90. The number of aromatic nitrogens is 3. The largest absolute Gasteiger partial charge is 0.310 e. The smallest absolute Gasteiger partial charge is 0.276 e. The maximum atomic E-state index is 12.4. The van der Waals surface area contributed by atoms with Crippen LogP contribution in [-0.2, 0) is 0 Å². The third-order valence-corrected chi connectivity index (χ3v) is 3.19. The second-order valence-corrected chi connectivity index (χ2v) is 4.49. The zero-order valence-corrected chi connectivity index (χ0v) is 13.3. The number of hydrogen-bond acceptors (Lipinski definition) is 4. The molecule has 3 rings (SSSR count). The molecule has 0 aromatic carbocycles. The van der Waals surface area contributed by atoms with Gasteiger partial charge < -0.3 is 4.90 Å². The molecule has 0 aliphatic carbocycles. The molecule has 0 atom stereocenters. The van der Waals surface area contributed by atoms with E-state index in [1.54, 1.807) is 36.1 Å². The van der Waals surface area contributed by atoms with Crippen LogP contribution >= 0.6 is 0 Å². The number of carbonyl (C=O) groups is 1. The van der Waals surface area contributed by atoms with Gasteiger partial charge in [-0.1, -0.05) is 13.8 Å². The summed E-state index contributed by atoms with van der Waals surface area (Å²) in [4.78, 5) is 17.9. The van der Waals surface area contributed by atoms with Crippen molar-refractivity contribution in [3.8, 4) is 6.07 Å². The molecule has 23 heavy (non-hydrogen) atoms. The van der Waals surface area contributed by atoms with Gasteiger partial charge in [-0.05, 0) is 30.3 Å². The van der Waals surface area contributed by atoms with E-state index < -0.39 is 0 Å². The van der Waals surface area contributed by atoms with Gasteiger partial charge in [-0.2, -0.15) is 10.4 Å². The Bertz CT molecular complexity index is 845. The zero-order valence-electron chi connectivity index (χ0n) is 13.3. The average molecular weight is 307 g/mol. The first-order chi connectivity index (χ1) is 11.2. The van der Waals surface area contributed by atoms with Gasteiger partial charge in [0.25, 0.3) is 5.91 Å². The number of carbonyl (C=O) groups excluding carboxylic acids is 1. The Balaban J connectivity index is 0.000000924. The van der Waals surface area contributed by atoms with Crippen LogP contribution in [0.15, 0.2) is 48.9 Å². The Labute approximate surface area is 134 Å². The van der Waals surface area contributed by atoms with Gasteiger partial charge >= 0.3 is 0 Å². The molecule has 1 amide bonds. The minimum Gasteiger partial charge on any atom is -0.310 e. The number of amides is 1. The summed E-state index contributed by atoms with van der Waals surface area (Å²) in [5.41, 5.74) is 2.37. The van der Waals surface area contributed by atoms with Gasteiger partial charge in [-0.15, -0.1) is 0 Å². The van der Waals surface area contributed by atoms with E-state index in [0.717, 1.165) is 11.2 Å². The fourth-order valence-electron chi connectivity index (χ4n) is 1.99. The topological polar surface area (TPSA) is 74.3 Å². The molecule has 0 saturated carbocycles. The molecule has 6 heteroatoms. The number of nitrogens with zero attached hydrogens (tertiary/aromatic N) is 5. The van der Waals surface area contributed by atoms with Gasteiger partial charge in [-0.25, -0.2) is 9.50 Å². The van der Waals surface area contributed by atoms with Gasteiger partial charge in [0.1, 0.15) is 11.8 Å². The van der Waals surface area contributed by atoms with Crippen molar-refractivity contribution in [2.24, 2.45) is 0 Å². The van der Waals surface area contributed by atoms with E-state index >= 15 is 0 Å². The van der Waals surface area contributed by atoms with Crippen LogP contribution in [0.25, 0.3) is 5.52 Å². The summed E-state index contributed by atoms with van der Waals surface area (Å²) in [5, 5.41) is 12.9. The SMILES string of the molecule is CC.CN(C(=O)c1ccc(C#N)cn1)c1ccn2nccc2c1. The molecule has 0 radical (unpaired) electrons. The number of hydrogen-bond donors (Lipinski definition) is 0. The Kier molecular flexibility index (Phi) is 5.05. The summed E-state index contributed by atoms with van der Waals surface area (Å²) in [6.45, 7) is 4.00. The molecule has 0 saturated heterocycles. The Morgan fingerprint density at radius 1 is 1.26 bits per heavy atom. The predicted molar refractivity (Wildman–Crippen MR) is 88.2 cm³/mol. The second-order valence-electron chi connectivity index (χ2n) is 4.49. The first kappa shape index (κ1) is 16.2. The first-order valence-electron chi connectivity index (χ1n) is 7.26. The number of nitriles is 1. The van der Waals surface area contributed by atoms with Gasteiger partial charge in [0.15, 0.2) is 0 Å². The van der Waals surface area contributed by atoms with Crippen molar-refractivity contribution in [1.29, 1.82) is 5.26 Å². The number of fused-ring (bicyclic) bond motifs is 1. The highest BCUT2D eigenvalue weighted by molar-refractivity contribution is 6.04. The maximum absolute atomic E-state index is 12.4. The fourth-order valence-corrected chi connectivity index (χ4v) is 1.99. The summed E-state index contributed by atoms with van der Waals surface area (Å²) in [5.74, 6) is -0.233. The lowest BCUT2D eigenvalue weighted by molar-refractivity contribution is 0.0988. The number of rotatable bonds is 2. The van der Waals surface area contributed by atoms with Gasteiger partial charge in [0.2, 0.25) is 0 Å². The van der Waals surface area contributed by atoms with Crippen molar-refractivity contribution in [1.82, 2.24) is 14.6 Å². The first-order valence-corrected chi connectivity index (χ1v) is 7.26. The summed E-state index contributed by atoms with van der Waals surface area (Å²) in [6.07, 6.45) is 4.88. The van der Waals surface area contributed by atoms with E-state index in [9.17, 15) is 4.79 Å². The summed E-state index contributed by atoms with van der Waals surface area (Å²) >= 11 is 0. The van der Waals surface area contributed by atoms with Crippen LogP contribution in [0, 0.1) is 11.3 Å². The van der Waals surface area contributed by atoms with Crippen LogP contribution in [-0.4, -0.2) is 27.6 Å². The molecule has 0 aliphatic rings. The van der Waals surface area contributed by atoms with Crippen LogP contribution < -0.4 is 4.90 Å². The van der Waals surface area contributed by atoms with Crippen molar-refractivity contribution < 1.29 is 4.79 Å². The lowest BCUT2D eigenvalue weighted by Gasteiger charge is -2.17. The van der Waals surface area contributed by atoms with Crippen LogP contribution in [0.2, 0.25) is 0 Å². The highest BCUT2D eigenvalue weighted by Gasteiger charge is 2.15. The summed E-state index contributed by atoms with van der Waals surface area (Å²) < 4.78 is 1.72. The molecule has 0 aliphatic heterocycles.